The Hall–Kier alpha value is -3.17. The summed E-state index contributed by atoms with van der Waals surface area (Å²) in [6.45, 7) is 1.91. The van der Waals surface area contributed by atoms with Gasteiger partial charge in [-0.1, -0.05) is 35.1 Å². The fourth-order valence-corrected chi connectivity index (χ4v) is 4.34. The molecule has 5 rings (SSSR count). The van der Waals surface area contributed by atoms with E-state index in [9.17, 15) is 0 Å². The number of hydrogen-bond acceptors (Lipinski definition) is 8. The molecule has 144 valence electrons. The predicted molar refractivity (Wildman–Crippen MR) is 111 cm³/mol. The number of nitrogens with zero attached hydrogens (tertiary/aromatic N) is 5. The molecule has 0 radical (unpaired) electrons. The van der Waals surface area contributed by atoms with E-state index in [1.54, 1.807) is 17.6 Å². The molecule has 0 spiro atoms. The second kappa shape index (κ2) is 7.69. The van der Waals surface area contributed by atoms with E-state index in [0.29, 0.717) is 17.5 Å². The van der Waals surface area contributed by atoms with E-state index in [-0.39, 0.29) is 0 Å². The highest BCUT2D eigenvalue weighted by Gasteiger charge is 2.20. The van der Waals surface area contributed by atoms with Gasteiger partial charge in [0.25, 0.3) is 0 Å². The smallest absolute Gasteiger partial charge is 0.237 e. The second-order valence-corrected chi connectivity index (χ2v) is 7.90. The molecule has 0 atom stereocenters. The van der Waals surface area contributed by atoms with E-state index >= 15 is 0 Å². The van der Waals surface area contributed by atoms with Crippen LogP contribution < -0.4 is 0 Å². The Balaban J connectivity index is 1.46. The quantitative estimate of drug-likeness (QED) is 0.347. The number of furan rings is 1. The Morgan fingerprint density at radius 3 is 2.76 bits per heavy atom. The summed E-state index contributed by atoms with van der Waals surface area (Å²) < 4.78 is 12.9. The van der Waals surface area contributed by atoms with Crippen molar-refractivity contribution < 1.29 is 8.94 Å². The van der Waals surface area contributed by atoms with Crippen LogP contribution in [0.1, 0.15) is 11.7 Å². The lowest BCUT2D eigenvalue weighted by atomic mass is 10.2. The van der Waals surface area contributed by atoms with Gasteiger partial charge in [0.1, 0.15) is 5.76 Å². The minimum Gasteiger partial charge on any atom is -0.469 e. The highest BCUT2D eigenvalue weighted by atomic mass is 32.2. The molecule has 0 unspecified atom stereocenters. The minimum atomic E-state index is 0.493. The van der Waals surface area contributed by atoms with Crippen LogP contribution in [0.3, 0.4) is 0 Å². The molecule has 0 saturated heterocycles. The molecule has 0 aliphatic rings. The van der Waals surface area contributed by atoms with Gasteiger partial charge in [-0.3, -0.25) is 4.57 Å². The summed E-state index contributed by atoms with van der Waals surface area (Å²) in [4.78, 5) is 4.48. The molecule has 0 fully saturated rings. The standard InChI is InChI=1S/C20H15N5O2S2/c1-13-16(7-9-26-13)19-22-23-20(25(19)15-5-3-2-4-6-15)29-12-17-21-18(24-27-17)14-8-10-28-11-14/h2-11H,12H2,1H3. The van der Waals surface area contributed by atoms with Crippen molar-refractivity contribution in [2.75, 3.05) is 0 Å². The van der Waals surface area contributed by atoms with Gasteiger partial charge < -0.3 is 8.94 Å². The third kappa shape index (κ3) is 3.50. The highest BCUT2D eigenvalue weighted by Crippen LogP contribution is 2.31. The molecule has 9 heteroatoms. The van der Waals surface area contributed by atoms with Gasteiger partial charge in [0.2, 0.25) is 11.7 Å². The van der Waals surface area contributed by atoms with E-state index in [0.717, 1.165) is 33.6 Å². The van der Waals surface area contributed by atoms with Crippen LogP contribution in [-0.4, -0.2) is 24.9 Å². The first kappa shape index (κ1) is 17.9. The van der Waals surface area contributed by atoms with Crippen LogP contribution in [0.25, 0.3) is 28.5 Å². The molecule has 0 amide bonds. The number of thioether (sulfide) groups is 1. The maximum atomic E-state index is 5.47. The van der Waals surface area contributed by atoms with E-state index < -0.39 is 0 Å². The average molecular weight is 422 g/mol. The molecular weight excluding hydrogens is 406 g/mol. The summed E-state index contributed by atoms with van der Waals surface area (Å²) in [7, 11) is 0. The summed E-state index contributed by atoms with van der Waals surface area (Å²) >= 11 is 3.09. The van der Waals surface area contributed by atoms with E-state index in [4.69, 9.17) is 8.94 Å². The molecule has 0 N–H and O–H groups in total. The topological polar surface area (TPSA) is 82.8 Å². The molecule has 7 nitrogen and oxygen atoms in total. The van der Waals surface area contributed by atoms with Gasteiger partial charge in [0.05, 0.1) is 17.6 Å². The minimum absolute atomic E-state index is 0.493. The van der Waals surface area contributed by atoms with Crippen molar-refractivity contribution in [2.24, 2.45) is 0 Å². The first-order chi connectivity index (χ1) is 14.3. The summed E-state index contributed by atoms with van der Waals surface area (Å²) in [5.74, 6) is 3.16. The second-order valence-electron chi connectivity index (χ2n) is 6.18. The first-order valence-corrected chi connectivity index (χ1v) is 10.8. The Morgan fingerprint density at radius 2 is 2.00 bits per heavy atom. The zero-order valence-electron chi connectivity index (χ0n) is 15.3. The summed E-state index contributed by atoms with van der Waals surface area (Å²) in [5, 5.41) is 17.6. The van der Waals surface area contributed by atoms with Gasteiger partial charge in [0, 0.05) is 16.6 Å². The summed E-state index contributed by atoms with van der Waals surface area (Å²) in [6.07, 6.45) is 1.66. The number of benzene rings is 1. The van der Waals surface area contributed by atoms with Gasteiger partial charge >= 0.3 is 0 Å². The number of para-hydroxylation sites is 1. The van der Waals surface area contributed by atoms with Crippen LogP contribution >= 0.6 is 23.1 Å². The molecule has 29 heavy (non-hydrogen) atoms. The first-order valence-electron chi connectivity index (χ1n) is 8.83. The number of hydrogen-bond donors (Lipinski definition) is 0. The lowest BCUT2D eigenvalue weighted by Crippen LogP contribution is -1.99. The third-order valence-electron chi connectivity index (χ3n) is 4.32. The lowest BCUT2D eigenvalue weighted by Gasteiger charge is -2.09. The van der Waals surface area contributed by atoms with Crippen LogP contribution in [-0.2, 0) is 5.75 Å². The number of thiophene rings is 1. The molecule has 0 aliphatic heterocycles. The van der Waals surface area contributed by atoms with E-state index in [1.165, 1.54) is 11.8 Å². The van der Waals surface area contributed by atoms with Crippen LogP contribution in [0, 0.1) is 6.92 Å². The summed E-state index contributed by atoms with van der Waals surface area (Å²) in [6, 6.07) is 13.9. The molecule has 5 aromatic rings. The Bertz CT molecular complexity index is 1230. The summed E-state index contributed by atoms with van der Waals surface area (Å²) in [5.41, 5.74) is 2.84. The van der Waals surface area contributed by atoms with Crippen LogP contribution in [0.4, 0.5) is 0 Å². The van der Waals surface area contributed by atoms with Gasteiger partial charge in [-0.05, 0) is 36.6 Å². The van der Waals surface area contributed by atoms with Gasteiger partial charge in [0.15, 0.2) is 11.0 Å². The maximum Gasteiger partial charge on any atom is 0.237 e. The average Bonchev–Trinajstić information content (AvgIpc) is 3.52. The Kier molecular flexibility index (Phi) is 4.74. The third-order valence-corrected chi connectivity index (χ3v) is 5.92. The predicted octanol–water partition coefficient (Wildman–Crippen LogP) is 5.24. The fourth-order valence-electron chi connectivity index (χ4n) is 2.91. The molecule has 4 aromatic heterocycles. The number of rotatable bonds is 6. The molecule has 0 saturated carbocycles. The number of aromatic nitrogens is 5. The number of aryl methyl sites for hydroxylation is 1. The van der Waals surface area contributed by atoms with Crippen molar-refractivity contribution in [1.29, 1.82) is 0 Å². The van der Waals surface area contributed by atoms with Crippen LogP contribution in [0.15, 0.2) is 73.6 Å². The van der Waals surface area contributed by atoms with Gasteiger partial charge in [-0.25, -0.2) is 0 Å². The van der Waals surface area contributed by atoms with E-state index in [1.807, 2.05) is 64.7 Å². The normalized spacial score (nSPS) is 11.2. The maximum absolute atomic E-state index is 5.47. The van der Waals surface area contributed by atoms with Crippen LogP contribution in [0.5, 0.6) is 0 Å². The molecule has 0 aliphatic carbocycles. The zero-order valence-corrected chi connectivity index (χ0v) is 17.0. The van der Waals surface area contributed by atoms with Crippen molar-refractivity contribution in [1.82, 2.24) is 24.9 Å². The molecular formula is C20H15N5O2S2. The van der Waals surface area contributed by atoms with Gasteiger partial charge in [-0.2, -0.15) is 16.3 Å². The Morgan fingerprint density at radius 1 is 1.10 bits per heavy atom. The monoisotopic (exact) mass is 421 g/mol. The largest absolute Gasteiger partial charge is 0.469 e. The molecule has 4 heterocycles. The molecule has 1 aromatic carbocycles. The van der Waals surface area contributed by atoms with Crippen molar-refractivity contribution >= 4 is 23.1 Å². The Labute approximate surface area is 174 Å². The van der Waals surface area contributed by atoms with Crippen molar-refractivity contribution in [3.05, 3.63) is 71.1 Å². The van der Waals surface area contributed by atoms with Crippen molar-refractivity contribution in [2.45, 2.75) is 17.8 Å². The van der Waals surface area contributed by atoms with Crippen molar-refractivity contribution in [3.8, 4) is 28.5 Å². The van der Waals surface area contributed by atoms with Gasteiger partial charge in [-0.15, -0.1) is 10.2 Å². The van der Waals surface area contributed by atoms with E-state index in [2.05, 4.69) is 20.3 Å². The van der Waals surface area contributed by atoms with Crippen LogP contribution in [0.2, 0.25) is 0 Å². The highest BCUT2D eigenvalue weighted by molar-refractivity contribution is 7.98. The molecule has 0 bridgehead atoms. The lowest BCUT2D eigenvalue weighted by molar-refractivity contribution is 0.391. The zero-order chi connectivity index (χ0) is 19.6. The fraction of sp³-hybridized carbons (Fsp3) is 0.100. The van der Waals surface area contributed by atoms with Crippen molar-refractivity contribution in [3.63, 3.8) is 0 Å². The SMILES string of the molecule is Cc1occc1-c1nnc(SCc2nc(-c3ccsc3)no2)n1-c1ccccc1.